The van der Waals surface area contributed by atoms with Crippen LogP contribution in [0.4, 0.5) is 0 Å². The highest BCUT2D eigenvalue weighted by atomic mass is 16.5. The van der Waals surface area contributed by atoms with Crippen molar-refractivity contribution in [2.45, 2.75) is 51.1 Å². The molecule has 2 N–H and O–H groups in total. The van der Waals surface area contributed by atoms with Crippen molar-refractivity contribution in [3.8, 4) is 0 Å². The molecule has 14 heavy (non-hydrogen) atoms. The molecule has 1 saturated heterocycles. The monoisotopic (exact) mass is 201 g/mol. The zero-order chi connectivity index (χ0) is 10.2. The summed E-state index contributed by atoms with van der Waals surface area (Å²) in [6, 6.07) is 1.14. The second kappa shape index (κ2) is 7.21. The highest BCUT2D eigenvalue weighted by Crippen LogP contribution is 2.10. The number of hydrogen-bond acceptors (Lipinski definition) is 3. The maximum atomic E-state index is 8.72. The van der Waals surface area contributed by atoms with Crippen molar-refractivity contribution < 1.29 is 9.84 Å². The van der Waals surface area contributed by atoms with Crippen LogP contribution >= 0.6 is 0 Å². The Hall–Kier alpha value is -0.120. The minimum atomic E-state index is 0.305. The van der Waals surface area contributed by atoms with Crippen LogP contribution in [0.25, 0.3) is 0 Å². The second-order valence-electron chi connectivity index (χ2n) is 4.17. The highest BCUT2D eigenvalue weighted by Gasteiger charge is 2.14. The quantitative estimate of drug-likeness (QED) is 0.704. The van der Waals surface area contributed by atoms with Crippen LogP contribution < -0.4 is 5.32 Å². The Morgan fingerprint density at radius 3 is 3.07 bits per heavy atom. The molecule has 0 amide bonds. The van der Waals surface area contributed by atoms with E-state index in [1.165, 1.54) is 12.8 Å². The molecule has 0 saturated carbocycles. The second-order valence-corrected chi connectivity index (χ2v) is 4.17. The predicted octanol–water partition coefficient (Wildman–Crippen LogP) is 1.31. The van der Waals surface area contributed by atoms with E-state index in [2.05, 4.69) is 12.2 Å². The molecule has 0 radical (unpaired) electrons. The molecule has 2 atom stereocenters. The molecule has 0 aromatic rings. The van der Waals surface area contributed by atoms with Crippen LogP contribution in [-0.4, -0.2) is 37.0 Å². The number of ether oxygens (including phenoxy) is 1. The van der Waals surface area contributed by atoms with Gasteiger partial charge < -0.3 is 15.2 Å². The first-order chi connectivity index (χ1) is 6.83. The first kappa shape index (κ1) is 12.0. The van der Waals surface area contributed by atoms with Crippen LogP contribution in [0.2, 0.25) is 0 Å². The maximum absolute atomic E-state index is 8.72. The number of nitrogens with one attached hydrogen (secondary N) is 1. The Balaban J connectivity index is 2.13. The van der Waals surface area contributed by atoms with Gasteiger partial charge in [0.15, 0.2) is 0 Å². The Bertz CT molecular complexity index is 133. The van der Waals surface area contributed by atoms with Crippen molar-refractivity contribution in [1.82, 2.24) is 5.32 Å². The van der Waals surface area contributed by atoms with Gasteiger partial charge in [0.2, 0.25) is 0 Å². The molecule has 1 aliphatic rings. The fourth-order valence-electron chi connectivity index (χ4n) is 1.95. The number of aliphatic hydroxyl groups is 1. The summed E-state index contributed by atoms with van der Waals surface area (Å²) in [4.78, 5) is 0. The molecule has 0 aromatic carbocycles. The zero-order valence-electron chi connectivity index (χ0n) is 9.17. The fraction of sp³-hybridized carbons (Fsp3) is 1.00. The molecule has 0 aliphatic carbocycles. The van der Waals surface area contributed by atoms with E-state index in [0.29, 0.717) is 18.7 Å². The summed E-state index contributed by atoms with van der Waals surface area (Å²) in [6.07, 6.45) is 5.49. The Morgan fingerprint density at radius 2 is 2.29 bits per heavy atom. The van der Waals surface area contributed by atoms with Gasteiger partial charge in [-0.1, -0.05) is 0 Å². The van der Waals surface area contributed by atoms with Gasteiger partial charge in [0.25, 0.3) is 0 Å². The van der Waals surface area contributed by atoms with E-state index < -0.39 is 0 Å². The molecule has 0 bridgehead atoms. The van der Waals surface area contributed by atoms with Crippen LogP contribution in [0.15, 0.2) is 0 Å². The summed E-state index contributed by atoms with van der Waals surface area (Å²) in [6.45, 7) is 4.31. The summed E-state index contributed by atoms with van der Waals surface area (Å²) < 4.78 is 5.41. The average Bonchev–Trinajstić information content (AvgIpc) is 2.43. The lowest BCUT2D eigenvalue weighted by atomic mass is 10.1. The number of rotatable bonds is 5. The third-order valence-corrected chi connectivity index (χ3v) is 2.77. The highest BCUT2D eigenvalue weighted by molar-refractivity contribution is 4.73. The third-order valence-electron chi connectivity index (χ3n) is 2.77. The first-order valence-electron chi connectivity index (χ1n) is 5.77. The Labute approximate surface area is 86.8 Å². The van der Waals surface area contributed by atoms with Crippen molar-refractivity contribution in [2.24, 2.45) is 0 Å². The predicted molar refractivity (Wildman–Crippen MR) is 57.4 cm³/mol. The maximum Gasteiger partial charge on any atom is 0.0480 e. The molecule has 1 rings (SSSR count). The van der Waals surface area contributed by atoms with Crippen LogP contribution in [0.3, 0.4) is 0 Å². The van der Waals surface area contributed by atoms with E-state index in [-0.39, 0.29) is 0 Å². The molecule has 3 nitrogen and oxygen atoms in total. The Kier molecular flexibility index (Phi) is 6.15. The molecular weight excluding hydrogens is 178 g/mol. The van der Waals surface area contributed by atoms with Gasteiger partial charge in [-0.3, -0.25) is 0 Å². The van der Waals surface area contributed by atoms with Crippen molar-refractivity contribution in [2.75, 3.05) is 19.8 Å². The van der Waals surface area contributed by atoms with Crippen molar-refractivity contribution in [3.05, 3.63) is 0 Å². The third kappa shape index (κ3) is 4.94. The van der Waals surface area contributed by atoms with E-state index in [1.54, 1.807) is 0 Å². The van der Waals surface area contributed by atoms with E-state index in [4.69, 9.17) is 9.84 Å². The van der Waals surface area contributed by atoms with Crippen LogP contribution in [0.5, 0.6) is 0 Å². The lowest BCUT2D eigenvalue weighted by Gasteiger charge is -2.21. The van der Waals surface area contributed by atoms with E-state index in [0.717, 1.165) is 32.5 Å². The van der Waals surface area contributed by atoms with E-state index in [9.17, 15) is 0 Å². The molecule has 84 valence electrons. The molecule has 1 heterocycles. The lowest BCUT2D eigenvalue weighted by Crippen LogP contribution is -2.36. The average molecular weight is 201 g/mol. The van der Waals surface area contributed by atoms with Crippen molar-refractivity contribution in [1.29, 1.82) is 0 Å². The molecule has 2 unspecified atom stereocenters. The summed E-state index contributed by atoms with van der Waals surface area (Å²) >= 11 is 0. The van der Waals surface area contributed by atoms with Gasteiger partial charge in [-0.25, -0.2) is 0 Å². The van der Waals surface area contributed by atoms with Gasteiger partial charge in [0.05, 0.1) is 0 Å². The van der Waals surface area contributed by atoms with Gasteiger partial charge in [0.1, 0.15) is 0 Å². The summed E-state index contributed by atoms with van der Waals surface area (Å²) in [5.41, 5.74) is 0. The van der Waals surface area contributed by atoms with Crippen LogP contribution in [-0.2, 0) is 4.74 Å². The molecule has 0 aromatic heterocycles. The summed E-state index contributed by atoms with van der Waals surface area (Å²) in [5, 5.41) is 12.3. The molecular formula is C11H23NO2. The standard InChI is InChI=1S/C11H23NO2/c1-10(4-2-7-13)12-11-5-3-8-14-9-6-11/h10-13H,2-9H2,1H3. The summed E-state index contributed by atoms with van der Waals surface area (Å²) in [7, 11) is 0. The van der Waals surface area contributed by atoms with Crippen molar-refractivity contribution in [3.63, 3.8) is 0 Å². The van der Waals surface area contributed by atoms with E-state index in [1.807, 2.05) is 0 Å². The Morgan fingerprint density at radius 1 is 1.43 bits per heavy atom. The molecule has 1 fully saturated rings. The SMILES string of the molecule is CC(CCCO)NC1CCCOCC1. The van der Waals surface area contributed by atoms with Crippen molar-refractivity contribution >= 4 is 0 Å². The lowest BCUT2D eigenvalue weighted by molar-refractivity contribution is 0.142. The molecule has 0 spiro atoms. The topological polar surface area (TPSA) is 41.5 Å². The van der Waals surface area contributed by atoms with Gasteiger partial charge in [-0.15, -0.1) is 0 Å². The zero-order valence-corrected chi connectivity index (χ0v) is 9.17. The van der Waals surface area contributed by atoms with Gasteiger partial charge >= 0.3 is 0 Å². The minimum Gasteiger partial charge on any atom is -0.396 e. The van der Waals surface area contributed by atoms with Crippen LogP contribution in [0.1, 0.15) is 39.0 Å². The van der Waals surface area contributed by atoms with Crippen LogP contribution in [0, 0.1) is 0 Å². The smallest absolute Gasteiger partial charge is 0.0480 e. The largest absolute Gasteiger partial charge is 0.396 e. The number of hydrogen-bond donors (Lipinski definition) is 2. The fourth-order valence-corrected chi connectivity index (χ4v) is 1.95. The minimum absolute atomic E-state index is 0.305. The normalized spacial score (nSPS) is 25.7. The van der Waals surface area contributed by atoms with Gasteiger partial charge in [0, 0.05) is 31.9 Å². The van der Waals surface area contributed by atoms with E-state index >= 15 is 0 Å². The number of aliphatic hydroxyl groups excluding tert-OH is 1. The van der Waals surface area contributed by atoms with Gasteiger partial charge in [-0.2, -0.15) is 0 Å². The van der Waals surface area contributed by atoms with Gasteiger partial charge in [-0.05, 0) is 39.0 Å². The molecule has 1 aliphatic heterocycles. The first-order valence-corrected chi connectivity index (χ1v) is 5.77. The summed E-state index contributed by atoms with van der Waals surface area (Å²) in [5.74, 6) is 0. The molecule has 3 heteroatoms.